The molecule has 154 valence electrons. The Labute approximate surface area is 172 Å². The molecule has 1 aliphatic heterocycles. The lowest BCUT2D eigenvalue weighted by molar-refractivity contribution is -0.133. The van der Waals surface area contributed by atoms with Gasteiger partial charge in [-0.3, -0.25) is 4.79 Å². The Kier molecular flexibility index (Phi) is 5.60. The maximum atomic E-state index is 12.3. The SMILES string of the molecule is CN(Cc1ccc2c(c1)OCCO2)C(=O)COC(=O)c1ccc(-c2nnco2)cc1. The summed E-state index contributed by atoms with van der Waals surface area (Å²) in [5.74, 6) is 0.799. The van der Waals surface area contributed by atoms with E-state index in [0.29, 0.717) is 48.3 Å². The van der Waals surface area contributed by atoms with E-state index in [1.807, 2.05) is 18.2 Å². The van der Waals surface area contributed by atoms with E-state index >= 15 is 0 Å². The van der Waals surface area contributed by atoms with Gasteiger partial charge >= 0.3 is 5.97 Å². The Bertz CT molecular complexity index is 1030. The second-order valence-electron chi connectivity index (χ2n) is 6.63. The minimum atomic E-state index is -0.590. The summed E-state index contributed by atoms with van der Waals surface area (Å²) in [6.07, 6.45) is 1.23. The minimum Gasteiger partial charge on any atom is -0.486 e. The molecule has 0 radical (unpaired) electrons. The number of hydrogen-bond acceptors (Lipinski definition) is 8. The van der Waals surface area contributed by atoms with Gasteiger partial charge < -0.3 is 23.5 Å². The zero-order chi connectivity index (χ0) is 20.9. The van der Waals surface area contributed by atoms with Crippen molar-refractivity contribution in [3.8, 4) is 23.0 Å². The highest BCUT2D eigenvalue weighted by molar-refractivity contribution is 5.91. The van der Waals surface area contributed by atoms with Crippen LogP contribution in [0.5, 0.6) is 11.5 Å². The van der Waals surface area contributed by atoms with Crippen LogP contribution in [0.15, 0.2) is 53.3 Å². The quantitative estimate of drug-likeness (QED) is 0.572. The monoisotopic (exact) mass is 409 g/mol. The van der Waals surface area contributed by atoms with Gasteiger partial charge in [-0.25, -0.2) is 4.79 Å². The first-order valence-electron chi connectivity index (χ1n) is 9.26. The zero-order valence-electron chi connectivity index (χ0n) is 16.2. The molecule has 0 N–H and O–H groups in total. The fourth-order valence-corrected chi connectivity index (χ4v) is 2.92. The Morgan fingerprint density at radius 3 is 2.57 bits per heavy atom. The molecular formula is C21H19N3O6. The molecule has 9 nitrogen and oxygen atoms in total. The number of amides is 1. The predicted octanol–water partition coefficient (Wildman–Crippen LogP) is 2.32. The van der Waals surface area contributed by atoms with Crippen LogP contribution in [0.1, 0.15) is 15.9 Å². The second-order valence-corrected chi connectivity index (χ2v) is 6.63. The molecule has 0 unspecified atom stereocenters. The molecule has 1 aromatic heterocycles. The van der Waals surface area contributed by atoms with Gasteiger partial charge in [0.2, 0.25) is 12.3 Å². The standard InChI is InChI=1S/C21H19N3O6/c1-24(11-14-2-7-17-18(10-14)28-9-8-27-17)19(25)12-29-21(26)16-5-3-15(4-6-16)20-23-22-13-30-20/h2-7,10,13H,8-9,11-12H2,1H3. The van der Waals surface area contributed by atoms with E-state index in [2.05, 4.69) is 10.2 Å². The van der Waals surface area contributed by atoms with Crippen LogP contribution in [0.2, 0.25) is 0 Å². The molecule has 0 saturated heterocycles. The predicted molar refractivity (Wildman–Crippen MR) is 104 cm³/mol. The van der Waals surface area contributed by atoms with Crippen LogP contribution < -0.4 is 9.47 Å². The first-order valence-corrected chi connectivity index (χ1v) is 9.26. The normalized spacial score (nSPS) is 12.3. The van der Waals surface area contributed by atoms with Crippen LogP contribution >= 0.6 is 0 Å². The number of esters is 1. The number of nitrogens with zero attached hydrogens (tertiary/aromatic N) is 3. The van der Waals surface area contributed by atoms with Gasteiger partial charge in [-0.05, 0) is 42.0 Å². The van der Waals surface area contributed by atoms with E-state index in [-0.39, 0.29) is 12.5 Å². The summed E-state index contributed by atoms with van der Waals surface area (Å²) in [6, 6.07) is 12.0. The van der Waals surface area contributed by atoms with E-state index < -0.39 is 5.97 Å². The van der Waals surface area contributed by atoms with E-state index in [1.165, 1.54) is 11.3 Å². The number of carbonyl (C=O) groups is 2. The lowest BCUT2D eigenvalue weighted by Gasteiger charge is -2.21. The average Bonchev–Trinajstić information content (AvgIpc) is 3.32. The molecule has 0 atom stereocenters. The Morgan fingerprint density at radius 2 is 1.83 bits per heavy atom. The summed E-state index contributed by atoms with van der Waals surface area (Å²) in [6.45, 7) is 1.02. The molecule has 9 heteroatoms. The van der Waals surface area contributed by atoms with Gasteiger partial charge in [0, 0.05) is 19.2 Å². The Morgan fingerprint density at radius 1 is 1.07 bits per heavy atom. The zero-order valence-corrected chi connectivity index (χ0v) is 16.2. The molecular weight excluding hydrogens is 390 g/mol. The molecule has 2 heterocycles. The molecule has 0 spiro atoms. The number of rotatable bonds is 6. The summed E-state index contributed by atoms with van der Waals surface area (Å²) < 4.78 is 21.3. The lowest BCUT2D eigenvalue weighted by Crippen LogP contribution is -2.30. The number of fused-ring (bicyclic) bond motifs is 1. The van der Waals surface area contributed by atoms with E-state index in [1.54, 1.807) is 31.3 Å². The van der Waals surface area contributed by atoms with Gasteiger partial charge in [0.25, 0.3) is 5.91 Å². The highest BCUT2D eigenvalue weighted by Gasteiger charge is 2.16. The van der Waals surface area contributed by atoms with Crippen molar-refractivity contribution in [3.63, 3.8) is 0 Å². The van der Waals surface area contributed by atoms with Crippen molar-refractivity contribution in [1.29, 1.82) is 0 Å². The smallest absolute Gasteiger partial charge is 0.338 e. The molecule has 2 aromatic carbocycles. The number of benzene rings is 2. The van der Waals surface area contributed by atoms with Crippen molar-refractivity contribution < 1.29 is 28.2 Å². The van der Waals surface area contributed by atoms with Gasteiger partial charge in [-0.2, -0.15) is 0 Å². The molecule has 0 aliphatic carbocycles. The largest absolute Gasteiger partial charge is 0.486 e. The highest BCUT2D eigenvalue weighted by Crippen LogP contribution is 2.31. The van der Waals surface area contributed by atoms with E-state index in [9.17, 15) is 9.59 Å². The van der Waals surface area contributed by atoms with Crippen molar-refractivity contribution in [2.24, 2.45) is 0 Å². The third-order valence-corrected chi connectivity index (χ3v) is 4.51. The van der Waals surface area contributed by atoms with Crippen LogP contribution in [0.3, 0.4) is 0 Å². The van der Waals surface area contributed by atoms with Crippen LogP contribution in [0.25, 0.3) is 11.5 Å². The lowest BCUT2D eigenvalue weighted by atomic mass is 10.1. The third kappa shape index (κ3) is 4.40. The van der Waals surface area contributed by atoms with Gasteiger partial charge in [0.15, 0.2) is 18.1 Å². The number of hydrogen-bond donors (Lipinski definition) is 0. The molecule has 0 bridgehead atoms. The molecule has 4 rings (SSSR count). The van der Waals surface area contributed by atoms with Crippen LogP contribution in [0.4, 0.5) is 0 Å². The summed E-state index contributed by atoms with van der Waals surface area (Å²) in [5, 5.41) is 7.41. The third-order valence-electron chi connectivity index (χ3n) is 4.51. The molecule has 30 heavy (non-hydrogen) atoms. The maximum Gasteiger partial charge on any atom is 0.338 e. The van der Waals surface area contributed by atoms with E-state index in [4.69, 9.17) is 18.6 Å². The minimum absolute atomic E-state index is 0.319. The molecule has 0 fully saturated rings. The molecule has 3 aromatic rings. The Hall–Kier alpha value is -3.88. The fourth-order valence-electron chi connectivity index (χ4n) is 2.92. The van der Waals surface area contributed by atoms with Crippen molar-refractivity contribution in [3.05, 3.63) is 60.0 Å². The molecule has 1 aliphatic rings. The topological polar surface area (TPSA) is 104 Å². The number of likely N-dealkylation sites (N-methyl/N-ethyl adjacent to an activating group) is 1. The van der Waals surface area contributed by atoms with Crippen LogP contribution in [0, 0.1) is 0 Å². The molecule has 1 amide bonds. The second kappa shape index (κ2) is 8.64. The van der Waals surface area contributed by atoms with Gasteiger partial charge in [-0.1, -0.05) is 6.07 Å². The maximum absolute atomic E-state index is 12.3. The summed E-state index contributed by atoms with van der Waals surface area (Å²) in [4.78, 5) is 26.0. The summed E-state index contributed by atoms with van der Waals surface area (Å²) in [7, 11) is 1.65. The average molecular weight is 409 g/mol. The first kappa shape index (κ1) is 19.4. The summed E-state index contributed by atoms with van der Waals surface area (Å²) >= 11 is 0. The molecule has 0 saturated carbocycles. The highest BCUT2D eigenvalue weighted by atomic mass is 16.6. The number of carbonyl (C=O) groups excluding carboxylic acids is 2. The Balaban J connectivity index is 1.30. The van der Waals surface area contributed by atoms with Gasteiger partial charge in [0.05, 0.1) is 5.56 Å². The van der Waals surface area contributed by atoms with E-state index in [0.717, 1.165) is 5.56 Å². The first-order chi connectivity index (χ1) is 14.6. The van der Waals surface area contributed by atoms with Crippen LogP contribution in [-0.2, 0) is 16.1 Å². The van der Waals surface area contributed by atoms with Gasteiger partial charge in [-0.15, -0.1) is 10.2 Å². The van der Waals surface area contributed by atoms with Gasteiger partial charge in [0.1, 0.15) is 13.2 Å². The summed E-state index contributed by atoms with van der Waals surface area (Å²) in [5.41, 5.74) is 1.89. The van der Waals surface area contributed by atoms with Crippen LogP contribution in [-0.4, -0.2) is 53.8 Å². The fraction of sp³-hybridized carbons (Fsp3) is 0.238. The number of ether oxygens (including phenoxy) is 3. The van der Waals surface area contributed by atoms with Crippen molar-refractivity contribution in [2.45, 2.75) is 6.54 Å². The van der Waals surface area contributed by atoms with Crippen molar-refractivity contribution in [1.82, 2.24) is 15.1 Å². The van der Waals surface area contributed by atoms with Crippen molar-refractivity contribution >= 4 is 11.9 Å². The number of aromatic nitrogens is 2. The van der Waals surface area contributed by atoms with Crippen molar-refractivity contribution in [2.75, 3.05) is 26.9 Å².